The van der Waals surface area contributed by atoms with E-state index in [2.05, 4.69) is 0 Å². The van der Waals surface area contributed by atoms with E-state index in [9.17, 15) is 20.1 Å². The summed E-state index contributed by atoms with van der Waals surface area (Å²) >= 11 is 0. The second-order valence-corrected chi connectivity index (χ2v) is 8.63. The largest absolute Gasteiger partial charge is 0.457 e. The van der Waals surface area contributed by atoms with Gasteiger partial charge in [-0.1, -0.05) is 25.2 Å². The van der Waals surface area contributed by atoms with E-state index in [1.807, 2.05) is 31.2 Å². The minimum absolute atomic E-state index is 0.154. The highest BCUT2D eigenvalue weighted by Gasteiger charge is 2.70. The topological polar surface area (TPSA) is 87.0 Å². The first kappa shape index (κ1) is 15.1. The molecule has 9 atom stereocenters. The second-order valence-electron chi connectivity index (χ2n) is 8.63. The number of carbonyl (C=O) groups excluding carboxylic acids is 1. The smallest absolute Gasteiger partial charge is 0.317 e. The highest BCUT2D eigenvalue weighted by Crippen LogP contribution is 2.66. The lowest BCUT2D eigenvalue weighted by atomic mass is 9.45. The summed E-state index contributed by atoms with van der Waals surface area (Å²) in [5.74, 6) is -0.878. The molecule has 6 aliphatic rings. The van der Waals surface area contributed by atoms with Crippen LogP contribution in [0.1, 0.15) is 32.6 Å². The molecule has 0 amide bonds. The number of allylic oxidation sites excluding steroid dienone is 1. The number of esters is 1. The van der Waals surface area contributed by atoms with Gasteiger partial charge in [-0.05, 0) is 37.7 Å². The van der Waals surface area contributed by atoms with E-state index < -0.39 is 28.6 Å². The van der Waals surface area contributed by atoms with E-state index in [4.69, 9.17) is 4.74 Å². The van der Waals surface area contributed by atoms with Crippen molar-refractivity contribution < 1.29 is 24.9 Å². The molecule has 4 aliphatic carbocycles. The van der Waals surface area contributed by atoms with E-state index in [0.29, 0.717) is 25.7 Å². The van der Waals surface area contributed by atoms with Gasteiger partial charge in [0.15, 0.2) is 0 Å². The Morgan fingerprint density at radius 3 is 2.71 bits per heavy atom. The van der Waals surface area contributed by atoms with Crippen LogP contribution in [0.2, 0.25) is 0 Å². The molecule has 5 nitrogen and oxygen atoms in total. The van der Waals surface area contributed by atoms with Gasteiger partial charge in [0.2, 0.25) is 0 Å². The molecule has 3 N–H and O–H groups in total. The fourth-order valence-electron chi connectivity index (χ4n) is 6.48. The standard InChI is InChI=1S/C19H24O5/c1-17-5-3-11-12(19(17,23)7-4-15(17)21)9-14(20)13-8-10-2-6-18(11,13)16(22)24-10/h2-3,5-6,10-15,20-21,23H,4,7-9H2,1H3/t10-,11-,12+,13-,14+,15+,17+,18-,19-/m0/s1. The lowest BCUT2D eigenvalue weighted by molar-refractivity contribution is -0.216. The zero-order valence-corrected chi connectivity index (χ0v) is 13.8. The van der Waals surface area contributed by atoms with E-state index in [1.165, 1.54) is 0 Å². The van der Waals surface area contributed by atoms with E-state index >= 15 is 0 Å². The van der Waals surface area contributed by atoms with Crippen LogP contribution in [-0.2, 0) is 9.53 Å². The van der Waals surface area contributed by atoms with Crippen molar-refractivity contribution >= 4 is 5.97 Å². The SMILES string of the molecule is C[C@]12C=C[C@H]3[C@@H](C[C@@H](O)[C@@H]4C[C@@H]5C=C[C@]34C(=O)O5)[C@@]1(O)CC[C@H]2O. The first-order valence-corrected chi connectivity index (χ1v) is 9.01. The highest BCUT2D eigenvalue weighted by molar-refractivity contribution is 5.83. The van der Waals surface area contributed by atoms with Crippen LogP contribution in [0, 0.1) is 28.6 Å². The van der Waals surface area contributed by atoms with Gasteiger partial charge in [0, 0.05) is 17.3 Å². The Morgan fingerprint density at radius 1 is 1.17 bits per heavy atom. The molecule has 0 aromatic rings. The molecule has 130 valence electrons. The fraction of sp³-hybridized carbons (Fsp3) is 0.737. The van der Waals surface area contributed by atoms with Crippen molar-refractivity contribution in [1.82, 2.24) is 0 Å². The first-order valence-electron chi connectivity index (χ1n) is 9.01. The summed E-state index contributed by atoms with van der Waals surface area (Å²) in [6.45, 7) is 1.89. The number of carbonyl (C=O) groups is 1. The molecule has 3 fully saturated rings. The highest BCUT2D eigenvalue weighted by atomic mass is 16.5. The van der Waals surface area contributed by atoms with E-state index in [-0.39, 0.29) is 29.8 Å². The molecular formula is C19H24O5. The van der Waals surface area contributed by atoms with Gasteiger partial charge in [0.1, 0.15) is 6.10 Å². The molecule has 0 aromatic carbocycles. The minimum Gasteiger partial charge on any atom is -0.457 e. The van der Waals surface area contributed by atoms with Crippen molar-refractivity contribution in [3.05, 3.63) is 24.3 Å². The Balaban J connectivity index is 1.69. The van der Waals surface area contributed by atoms with Gasteiger partial charge >= 0.3 is 5.97 Å². The number of aliphatic hydroxyl groups excluding tert-OH is 2. The van der Waals surface area contributed by atoms with Crippen LogP contribution in [0.25, 0.3) is 0 Å². The lowest BCUT2D eigenvalue weighted by Gasteiger charge is -2.62. The molecule has 2 saturated carbocycles. The molecule has 24 heavy (non-hydrogen) atoms. The Kier molecular flexibility index (Phi) is 2.72. The molecule has 5 heteroatoms. The predicted molar refractivity (Wildman–Crippen MR) is 84.6 cm³/mol. The number of fused-ring (bicyclic) bond motifs is 4. The summed E-state index contributed by atoms with van der Waals surface area (Å²) in [7, 11) is 0. The second kappa shape index (κ2) is 4.32. The van der Waals surface area contributed by atoms with E-state index in [1.54, 1.807) is 0 Å². The van der Waals surface area contributed by atoms with Crippen molar-refractivity contribution in [2.45, 2.75) is 56.5 Å². The first-order chi connectivity index (χ1) is 11.3. The maximum Gasteiger partial charge on any atom is 0.317 e. The van der Waals surface area contributed by atoms with Crippen molar-refractivity contribution in [1.29, 1.82) is 0 Å². The molecule has 0 aromatic heterocycles. The van der Waals surface area contributed by atoms with Gasteiger partial charge in [-0.2, -0.15) is 0 Å². The van der Waals surface area contributed by atoms with Crippen LogP contribution in [0.3, 0.4) is 0 Å². The van der Waals surface area contributed by atoms with Crippen LogP contribution >= 0.6 is 0 Å². The van der Waals surface area contributed by atoms with Gasteiger partial charge in [0.05, 0.1) is 23.2 Å². The van der Waals surface area contributed by atoms with Crippen LogP contribution in [-0.4, -0.2) is 45.2 Å². The Morgan fingerprint density at radius 2 is 1.96 bits per heavy atom. The summed E-state index contributed by atoms with van der Waals surface area (Å²) in [6, 6.07) is 0. The quantitative estimate of drug-likeness (QED) is 0.454. The number of rotatable bonds is 0. The van der Waals surface area contributed by atoms with Crippen LogP contribution < -0.4 is 0 Å². The Labute approximate surface area is 141 Å². The number of ether oxygens (including phenoxy) is 1. The predicted octanol–water partition coefficient (Wildman–Crippen LogP) is 0.933. The maximum atomic E-state index is 12.8. The van der Waals surface area contributed by atoms with Crippen LogP contribution in [0.4, 0.5) is 0 Å². The molecule has 2 bridgehead atoms. The van der Waals surface area contributed by atoms with Crippen molar-refractivity contribution in [3.8, 4) is 0 Å². The Hall–Kier alpha value is -1.17. The zero-order valence-electron chi connectivity index (χ0n) is 13.8. The summed E-state index contributed by atoms with van der Waals surface area (Å²) in [4.78, 5) is 12.8. The normalized spacial score (nSPS) is 60.4. The number of hydrogen-bond acceptors (Lipinski definition) is 5. The third-order valence-corrected chi connectivity index (χ3v) is 7.93. The van der Waals surface area contributed by atoms with Gasteiger partial charge in [0.25, 0.3) is 0 Å². The minimum atomic E-state index is -1.10. The maximum absolute atomic E-state index is 12.8. The average Bonchev–Trinajstić information content (AvgIpc) is 2.80. The average molecular weight is 332 g/mol. The van der Waals surface area contributed by atoms with Crippen LogP contribution in [0.15, 0.2) is 24.3 Å². The molecular weight excluding hydrogens is 308 g/mol. The van der Waals surface area contributed by atoms with Gasteiger partial charge in [-0.3, -0.25) is 4.79 Å². The van der Waals surface area contributed by atoms with Crippen molar-refractivity contribution in [2.24, 2.45) is 28.6 Å². The van der Waals surface area contributed by atoms with Gasteiger partial charge < -0.3 is 20.1 Å². The number of aliphatic hydroxyl groups is 3. The molecule has 6 rings (SSSR count). The summed E-state index contributed by atoms with van der Waals surface area (Å²) < 4.78 is 5.53. The van der Waals surface area contributed by atoms with Crippen LogP contribution in [0.5, 0.6) is 0 Å². The molecule has 1 saturated heterocycles. The lowest BCUT2D eigenvalue weighted by Crippen LogP contribution is -2.67. The molecule has 2 heterocycles. The third-order valence-electron chi connectivity index (χ3n) is 7.93. The fourth-order valence-corrected chi connectivity index (χ4v) is 6.48. The Bertz CT molecular complexity index is 671. The van der Waals surface area contributed by atoms with Crippen molar-refractivity contribution in [3.63, 3.8) is 0 Å². The van der Waals surface area contributed by atoms with Crippen molar-refractivity contribution in [2.75, 3.05) is 0 Å². The van der Waals surface area contributed by atoms with Gasteiger partial charge in [-0.25, -0.2) is 0 Å². The third kappa shape index (κ3) is 1.42. The molecule has 2 aliphatic heterocycles. The summed E-state index contributed by atoms with van der Waals surface area (Å²) in [6.07, 6.45) is 8.46. The molecule has 0 unspecified atom stereocenters. The number of hydrogen-bond donors (Lipinski definition) is 3. The molecule has 1 spiro atoms. The van der Waals surface area contributed by atoms with E-state index in [0.717, 1.165) is 0 Å². The monoisotopic (exact) mass is 332 g/mol. The summed E-state index contributed by atoms with van der Waals surface area (Å²) in [5, 5.41) is 32.8. The zero-order chi connectivity index (χ0) is 16.9. The van der Waals surface area contributed by atoms with Gasteiger partial charge in [-0.15, -0.1) is 0 Å². The molecule has 0 radical (unpaired) electrons. The summed E-state index contributed by atoms with van der Waals surface area (Å²) in [5.41, 5.74) is -2.70.